The van der Waals surface area contributed by atoms with E-state index >= 15 is 0 Å². The van der Waals surface area contributed by atoms with E-state index in [4.69, 9.17) is 18.9 Å². The molecule has 2 heterocycles. The monoisotopic (exact) mass is 466 g/mol. The van der Waals surface area contributed by atoms with Crippen molar-refractivity contribution in [1.29, 1.82) is 0 Å². The maximum absolute atomic E-state index is 11.7. The number of fused-ring (bicyclic) bond motifs is 2. The highest BCUT2D eigenvalue weighted by atomic mass is 16.7. The number of ether oxygens (including phenoxy) is 4. The minimum atomic E-state index is -0.465. The Morgan fingerprint density at radius 1 is 0.794 bits per heavy atom. The third-order valence-electron chi connectivity index (χ3n) is 5.32. The minimum Gasteiger partial charge on any atom is -0.454 e. The first-order valence-electron chi connectivity index (χ1n) is 11.3. The predicted molar refractivity (Wildman–Crippen MR) is 133 cm³/mol. The predicted octanol–water partition coefficient (Wildman–Crippen LogP) is 5.88. The van der Waals surface area contributed by atoms with E-state index in [1.54, 1.807) is 18.2 Å². The first-order valence-corrected chi connectivity index (χ1v) is 11.3. The van der Waals surface area contributed by atoms with E-state index in [-0.39, 0.29) is 30.2 Å². The Kier molecular flexibility index (Phi) is 7.72. The average Bonchev–Trinajstić information content (AvgIpc) is 3.43. The second-order valence-corrected chi connectivity index (χ2v) is 10.3. The molecule has 2 aromatic carbocycles. The average molecular weight is 467 g/mol. The minimum absolute atomic E-state index is 0.107. The second kappa shape index (κ2) is 10.3. The van der Waals surface area contributed by atoms with E-state index in [1.165, 1.54) is 0 Å². The lowest BCUT2D eigenvalue weighted by Crippen LogP contribution is -2.23. The molecule has 1 atom stereocenters. The molecule has 0 amide bonds. The van der Waals surface area contributed by atoms with Crippen LogP contribution >= 0.6 is 0 Å². The molecule has 0 fully saturated rings. The number of carbonyl (C=O) groups excluding carboxylic acids is 1. The summed E-state index contributed by atoms with van der Waals surface area (Å²) >= 11 is 0. The van der Waals surface area contributed by atoms with Gasteiger partial charge in [0.1, 0.15) is 0 Å². The maximum atomic E-state index is 11.7. The van der Waals surface area contributed by atoms with Crippen LogP contribution in [0.4, 0.5) is 0 Å². The van der Waals surface area contributed by atoms with Crippen LogP contribution in [0.1, 0.15) is 52.7 Å². The highest BCUT2D eigenvalue weighted by Crippen LogP contribution is 2.34. The summed E-state index contributed by atoms with van der Waals surface area (Å²) in [7, 11) is 0. The van der Waals surface area contributed by atoms with Gasteiger partial charge in [-0.15, -0.1) is 0 Å². The van der Waals surface area contributed by atoms with Gasteiger partial charge in [-0.3, -0.25) is 4.79 Å². The number of allylic oxidation sites excluding steroid dienone is 1. The standard InChI is InChI=1S/C14H18O3.C14H16O3/c2*1-14(2,3)13(15)7-5-10-4-6-11-12(8-10)17-9-16-11/h4-8,13,15H,9H2,1-3H3;4-8H,9H2,1-3H3/b2*7-5+. The molecule has 1 N–H and O–H groups in total. The van der Waals surface area contributed by atoms with Gasteiger partial charge in [0.05, 0.1) is 6.10 Å². The van der Waals surface area contributed by atoms with Crippen LogP contribution in [0.25, 0.3) is 12.2 Å². The number of aliphatic hydroxyl groups is 1. The van der Waals surface area contributed by atoms with Crippen molar-refractivity contribution in [1.82, 2.24) is 0 Å². The van der Waals surface area contributed by atoms with Gasteiger partial charge in [-0.2, -0.15) is 0 Å². The van der Waals surface area contributed by atoms with E-state index in [0.717, 1.165) is 34.1 Å². The summed E-state index contributed by atoms with van der Waals surface area (Å²) in [6.45, 7) is 12.3. The smallest absolute Gasteiger partial charge is 0.231 e. The van der Waals surface area contributed by atoms with Gasteiger partial charge in [-0.05, 0) is 46.9 Å². The molecule has 0 saturated heterocycles. The van der Waals surface area contributed by atoms with Gasteiger partial charge in [-0.25, -0.2) is 0 Å². The van der Waals surface area contributed by atoms with Crippen molar-refractivity contribution in [2.75, 3.05) is 13.6 Å². The quantitative estimate of drug-likeness (QED) is 0.567. The summed E-state index contributed by atoms with van der Waals surface area (Å²) in [5.74, 6) is 3.13. The molecule has 0 spiro atoms. The van der Waals surface area contributed by atoms with Crippen LogP contribution in [0.3, 0.4) is 0 Å². The molecule has 34 heavy (non-hydrogen) atoms. The van der Waals surface area contributed by atoms with Crippen LogP contribution in [0.2, 0.25) is 0 Å². The molecular weight excluding hydrogens is 432 g/mol. The van der Waals surface area contributed by atoms with Gasteiger partial charge in [0.25, 0.3) is 0 Å². The van der Waals surface area contributed by atoms with Crippen LogP contribution < -0.4 is 18.9 Å². The molecule has 182 valence electrons. The van der Waals surface area contributed by atoms with E-state index in [2.05, 4.69) is 0 Å². The molecule has 2 aliphatic rings. The van der Waals surface area contributed by atoms with Crippen molar-refractivity contribution in [3.8, 4) is 23.0 Å². The van der Waals surface area contributed by atoms with Crippen molar-refractivity contribution in [3.63, 3.8) is 0 Å². The molecule has 0 bridgehead atoms. The molecule has 6 nitrogen and oxygen atoms in total. The Bertz CT molecular complexity index is 1070. The van der Waals surface area contributed by atoms with Crippen LogP contribution in [0.5, 0.6) is 23.0 Å². The van der Waals surface area contributed by atoms with Crippen molar-refractivity contribution < 1.29 is 28.8 Å². The number of aliphatic hydroxyl groups excluding tert-OH is 1. The summed E-state index contributed by atoms with van der Waals surface area (Å²) in [6, 6.07) is 11.4. The number of carbonyl (C=O) groups is 1. The van der Waals surface area contributed by atoms with Gasteiger partial charge >= 0.3 is 0 Å². The second-order valence-electron chi connectivity index (χ2n) is 10.3. The summed E-state index contributed by atoms with van der Waals surface area (Å²) in [5, 5.41) is 9.90. The molecular formula is C28H34O6. The number of benzene rings is 2. The van der Waals surface area contributed by atoms with E-state index in [1.807, 2.05) is 84.0 Å². The zero-order valence-electron chi connectivity index (χ0n) is 20.8. The van der Waals surface area contributed by atoms with Crippen molar-refractivity contribution >= 4 is 17.9 Å². The van der Waals surface area contributed by atoms with Gasteiger partial charge < -0.3 is 24.1 Å². The van der Waals surface area contributed by atoms with Gasteiger partial charge in [0, 0.05) is 5.41 Å². The van der Waals surface area contributed by atoms with Crippen LogP contribution in [-0.2, 0) is 4.79 Å². The molecule has 4 rings (SSSR count). The fraction of sp³-hybridized carbons (Fsp3) is 0.393. The zero-order chi connectivity index (χ0) is 24.9. The Morgan fingerprint density at radius 2 is 1.26 bits per heavy atom. The number of hydrogen-bond acceptors (Lipinski definition) is 6. The topological polar surface area (TPSA) is 74.2 Å². The Morgan fingerprint density at radius 3 is 1.74 bits per heavy atom. The highest BCUT2D eigenvalue weighted by molar-refractivity contribution is 5.97. The van der Waals surface area contributed by atoms with Crippen molar-refractivity contribution in [2.24, 2.45) is 10.8 Å². The molecule has 0 aromatic heterocycles. The van der Waals surface area contributed by atoms with Crippen LogP contribution in [0.15, 0.2) is 48.6 Å². The Hall–Kier alpha value is -3.25. The number of rotatable bonds is 4. The summed E-state index contributed by atoms with van der Waals surface area (Å²) in [5.41, 5.74) is 1.45. The molecule has 2 aliphatic heterocycles. The van der Waals surface area contributed by atoms with E-state index in [9.17, 15) is 9.90 Å². The largest absolute Gasteiger partial charge is 0.454 e. The number of ketones is 1. The molecule has 0 aliphatic carbocycles. The lowest BCUT2D eigenvalue weighted by Gasteiger charge is -2.22. The summed E-state index contributed by atoms with van der Waals surface area (Å²) in [6.07, 6.45) is 6.65. The summed E-state index contributed by atoms with van der Waals surface area (Å²) in [4.78, 5) is 11.7. The maximum Gasteiger partial charge on any atom is 0.231 e. The first-order chi connectivity index (χ1) is 15.9. The number of hydrogen-bond donors (Lipinski definition) is 1. The molecule has 1 unspecified atom stereocenters. The van der Waals surface area contributed by atoms with Crippen LogP contribution in [-0.4, -0.2) is 30.6 Å². The fourth-order valence-electron chi connectivity index (χ4n) is 2.95. The molecule has 0 radical (unpaired) electrons. The third-order valence-corrected chi connectivity index (χ3v) is 5.32. The SMILES string of the molecule is CC(C)(C)C(=O)/C=C/c1ccc2c(c1)OCO2.CC(C)(C)C(O)/C=C/c1ccc2c(c1)OCO2. The molecule has 2 aromatic rings. The molecule has 6 heteroatoms. The summed E-state index contributed by atoms with van der Waals surface area (Å²) < 4.78 is 21.0. The lowest BCUT2D eigenvalue weighted by atomic mass is 9.89. The normalized spacial score (nSPS) is 15.4. The van der Waals surface area contributed by atoms with E-state index in [0.29, 0.717) is 0 Å². The van der Waals surface area contributed by atoms with Crippen LogP contribution in [0, 0.1) is 10.8 Å². The van der Waals surface area contributed by atoms with Gasteiger partial charge in [0.2, 0.25) is 13.6 Å². The Balaban J connectivity index is 0.000000191. The van der Waals surface area contributed by atoms with Crippen molar-refractivity contribution in [3.05, 3.63) is 59.7 Å². The van der Waals surface area contributed by atoms with Gasteiger partial charge in [0.15, 0.2) is 28.8 Å². The first kappa shape index (κ1) is 25.4. The fourth-order valence-corrected chi connectivity index (χ4v) is 2.95. The zero-order valence-corrected chi connectivity index (χ0v) is 20.8. The van der Waals surface area contributed by atoms with E-state index < -0.39 is 6.10 Å². The van der Waals surface area contributed by atoms with Gasteiger partial charge in [-0.1, -0.05) is 71.9 Å². The third kappa shape index (κ3) is 6.87. The van der Waals surface area contributed by atoms with Crippen molar-refractivity contribution in [2.45, 2.75) is 47.6 Å². The highest BCUT2D eigenvalue weighted by Gasteiger charge is 2.20. The molecule has 0 saturated carbocycles. The lowest BCUT2D eigenvalue weighted by molar-refractivity contribution is -0.121. The Labute approximate surface area is 201 Å².